The van der Waals surface area contributed by atoms with Gasteiger partial charge in [-0.1, -0.05) is 18.2 Å². The molecule has 7 heteroatoms. The van der Waals surface area contributed by atoms with Gasteiger partial charge in [-0.3, -0.25) is 9.78 Å². The Morgan fingerprint density at radius 1 is 1.15 bits per heavy atom. The zero-order valence-electron chi connectivity index (χ0n) is 14.1. The molecule has 0 saturated heterocycles. The normalized spacial score (nSPS) is 10.0. The summed E-state index contributed by atoms with van der Waals surface area (Å²) in [5, 5.41) is 14.9. The number of amides is 1. The average molecular weight is 344 g/mol. The molecule has 0 fully saturated rings. The van der Waals surface area contributed by atoms with Crippen molar-refractivity contribution in [2.24, 2.45) is 0 Å². The summed E-state index contributed by atoms with van der Waals surface area (Å²) >= 11 is 0. The second-order valence-electron chi connectivity index (χ2n) is 5.50. The average Bonchev–Trinajstić information content (AvgIpc) is 2.67. The molecule has 2 aromatic heterocycles. The molecule has 0 aliphatic carbocycles. The molecule has 26 heavy (non-hydrogen) atoms. The van der Waals surface area contributed by atoms with Crippen LogP contribution in [-0.4, -0.2) is 20.9 Å². The van der Waals surface area contributed by atoms with Gasteiger partial charge in [0.15, 0.2) is 0 Å². The largest absolute Gasteiger partial charge is 0.349 e. The van der Waals surface area contributed by atoms with E-state index in [9.17, 15) is 4.79 Å². The molecule has 0 aliphatic heterocycles. The van der Waals surface area contributed by atoms with Gasteiger partial charge in [-0.05, 0) is 37.3 Å². The van der Waals surface area contributed by atoms with Crippen LogP contribution in [0, 0.1) is 18.3 Å². The summed E-state index contributed by atoms with van der Waals surface area (Å²) in [4.78, 5) is 25.3. The standard InChI is InChI=1S/C19H16N6O/c1-13-10-17(18(26)24-16-8-3-2-6-14(16)11-20)25-19(23-13)22-12-15-7-4-5-9-21-15/h2-10H,12H2,1H3,(H,24,26)(H,22,23,25). The van der Waals surface area contributed by atoms with Crippen LogP contribution in [0.3, 0.4) is 0 Å². The van der Waals surface area contributed by atoms with Gasteiger partial charge in [0.05, 0.1) is 23.5 Å². The van der Waals surface area contributed by atoms with Gasteiger partial charge in [0, 0.05) is 11.9 Å². The highest BCUT2D eigenvalue weighted by Crippen LogP contribution is 2.15. The van der Waals surface area contributed by atoms with E-state index < -0.39 is 5.91 Å². The summed E-state index contributed by atoms with van der Waals surface area (Å²) in [7, 11) is 0. The molecule has 0 bridgehead atoms. The molecule has 0 saturated carbocycles. The van der Waals surface area contributed by atoms with E-state index in [0.29, 0.717) is 29.4 Å². The first-order chi connectivity index (χ1) is 12.7. The molecule has 1 amide bonds. The van der Waals surface area contributed by atoms with E-state index >= 15 is 0 Å². The topological polar surface area (TPSA) is 104 Å². The fraction of sp³-hybridized carbons (Fsp3) is 0.105. The van der Waals surface area contributed by atoms with E-state index in [1.807, 2.05) is 24.3 Å². The Morgan fingerprint density at radius 3 is 2.73 bits per heavy atom. The Kier molecular flexibility index (Phi) is 5.15. The lowest BCUT2D eigenvalue weighted by molar-refractivity contribution is 0.102. The molecule has 2 N–H and O–H groups in total. The number of para-hydroxylation sites is 1. The third kappa shape index (κ3) is 4.19. The molecule has 7 nitrogen and oxygen atoms in total. The number of carbonyl (C=O) groups is 1. The highest BCUT2D eigenvalue weighted by Gasteiger charge is 2.13. The highest BCUT2D eigenvalue weighted by atomic mass is 16.1. The summed E-state index contributed by atoms with van der Waals surface area (Å²) in [5.41, 5.74) is 2.54. The van der Waals surface area contributed by atoms with Crippen molar-refractivity contribution < 1.29 is 4.79 Å². The van der Waals surface area contributed by atoms with E-state index in [-0.39, 0.29) is 5.69 Å². The van der Waals surface area contributed by atoms with E-state index in [0.717, 1.165) is 5.69 Å². The second-order valence-corrected chi connectivity index (χ2v) is 5.50. The number of hydrogen-bond donors (Lipinski definition) is 2. The molecule has 0 unspecified atom stereocenters. The molecule has 3 rings (SSSR count). The predicted molar refractivity (Wildman–Crippen MR) is 97.4 cm³/mol. The minimum atomic E-state index is -0.404. The first-order valence-electron chi connectivity index (χ1n) is 7.95. The van der Waals surface area contributed by atoms with Crippen LogP contribution >= 0.6 is 0 Å². The maximum Gasteiger partial charge on any atom is 0.274 e. The summed E-state index contributed by atoms with van der Waals surface area (Å²) < 4.78 is 0. The fourth-order valence-corrected chi connectivity index (χ4v) is 2.31. The Labute approximate surface area is 150 Å². The van der Waals surface area contributed by atoms with Crippen LogP contribution in [0.25, 0.3) is 0 Å². The predicted octanol–water partition coefficient (Wildman–Crippen LogP) is 2.92. The van der Waals surface area contributed by atoms with Crippen molar-refractivity contribution in [2.75, 3.05) is 10.6 Å². The van der Waals surface area contributed by atoms with Crippen LogP contribution in [0.1, 0.15) is 27.4 Å². The lowest BCUT2D eigenvalue weighted by Gasteiger charge is -2.09. The third-order valence-corrected chi connectivity index (χ3v) is 3.54. The fourth-order valence-electron chi connectivity index (χ4n) is 2.31. The van der Waals surface area contributed by atoms with Gasteiger partial charge >= 0.3 is 0 Å². The van der Waals surface area contributed by atoms with Gasteiger partial charge < -0.3 is 10.6 Å². The van der Waals surface area contributed by atoms with Crippen LogP contribution in [-0.2, 0) is 6.54 Å². The Bertz CT molecular complexity index is 965. The van der Waals surface area contributed by atoms with Crippen LogP contribution in [0.15, 0.2) is 54.7 Å². The molecule has 0 aliphatic rings. The summed E-state index contributed by atoms with van der Waals surface area (Å²) in [5.74, 6) is -0.0616. The van der Waals surface area contributed by atoms with Crippen molar-refractivity contribution in [2.45, 2.75) is 13.5 Å². The van der Waals surface area contributed by atoms with Crippen molar-refractivity contribution >= 4 is 17.5 Å². The summed E-state index contributed by atoms with van der Waals surface area (Å²) in [6, 6.07) is 16.1. The number of aromatic nitrogens is 3. The van der Waals surface area contributed by atoms with Crippen LogP contribution in [0.5, 0.6) is 0 Å². The quantitative estimate of drug-likeness (QED) is 0.737. The van der Waals surface area contributed by atoms with Gasteiger partial charge in [-0.25, -0.2) is 9.97 Å². The summed E-state index contributed by atoms with van der Waals surface area (Å²) in [6.45, 7) is 2.23. The number of carbonyl (C=O) groups excluding carboxylic acids is 1. The number of anilines is 2. The minimum Gasteiger partial charge on any atom is -0.349 e. The van der Waals surface area contributed by atoms with Crippen LogP contribution < -0.4 is 10.6 Å². The van der Waals surface area contributed by atoms with Gasteiger partial charge in [-0.15, -0.1) is 0 Å². The molecule has 3 aromatic rings. The number of rotatable bonds is 5. The van der Waals surface area contributed by atoms with Gasteiger partial charge in [0.2, 0.25) is 5.95 Å². The SMILES string of the molecule is Cc1cc(C(=O)Nc2ccccc2C#N)nc(NCc2ccccn2)n1. The first kappa shape index (κ1) is 17.0. The number of aryl methyl sites for hydroxylation is 1. The maximum absolute atomic E-state index is 12.5. The number of pyridine rings is 1. The molecule has 2 heterocycles. The Morgan fingerprint density at radius 2 is 1.96 bits per heavy atom. The monoisotopic (exact) mass is 344 g/mol. The van der Waals surface area contributed by atoms with Crippen molar-refractivity contribution in [3.63, 3.8) is 0 Å². The molecule has 1 aromatic carbocycles. The third-order valence-electron chi connectivity index (χ3n) is 3.54. The summed E-state index contributed by atoms with van der Waals surface area (Å²) in [6.07, 6.45) is 1.71. The smallest absolute Gasteiger partial charge is 0.274 e. The lowest BCUT2D eigenvalue weighted by Crippen LogP contribution is -2.17. The van der Waals surface area contributed by atoms with E-state index in [1.54, 1.807) is 43.5 Å². The first-order valence-corrected chi connectivity index (χ1v) is 7.95. The second kappa shape index (κ2) is 7.85. The number of nitriles is 1. The number of nitrogens with one attached hydrogen (secondary N) is 2. The zero-order valence-corrected chi connectivity index (χ0v) is 14.1. The number of hydrogen-bond acceptors (Lipinski definition) is 6. The van der Waals surface area contributed by atoms with Crippen LogP contribution in [0.2, 0.25) is 0 Å². The van der Waals surface area contributed by atoms with Gasteiger partial charge in [0.1, 0.15) is 11.8 Å². The molecular formula is C19H16N6O. The highest BCUT2D eigenvalue weighted by molar-refractivity contribution is 6.03. The zero-order chi connectivity index (χ0) is 18.4. The Balaban J connectivity index is 1.76. The van der Waals surface area contributed by atoms with Crippen LogP contribution in [0.4, 0.5) is 11.6 Å². The van der Waals surface area contributed by atoms with Crippen molar-refractivity contribution in [1.29, 1.82) is 5.26 Å². The van der Waals surface area contributed by atoms with E-state index in [1.165, 1.54) is 0 Å². The molecule has 0 spiro atoms. The van der Waals surface area contributed by atoms with Crippen molar-refractivity contribution in [1.82, 2.24) is 15.0 Å². The molecule has 0 atom stereocenters. The number of benzene rings is 1. The van der Waals surface area contributed by atoms with Crippen molar-refractivity contribution in [3.8, 4) is 6.07 Å². The van der Waals surface area contributed by atoms with E-state index in [2.05, 4.69) is 25.6 Å². The van der Waals surface area contributed by atoms with Gasteiger partial charge in [-0.2, -0.15) is 5.26 Å². The van der Waals surface area contributed by atoms with Gasteiger partial charge in [0.25, 0.3) is 5.91 Å². The minimum absolute atomic E-state index is 0.216. The maximum atomic E-state index is 12.5. The molecule has 0 radical (unpaired) electrons. The number of nitrogens with zero attached hydrogens (tertiary/aromatic N) is 4. The molecule has 128 valence electrons. The van der Waals surface area contributed by atoms with Crippen molar-refractivity contribution in [3.05, 3.63) is 77.4 Å². The van der Waals surface area contributed by atoms with E-state index in [4.69, 9.17) is 5.26 Å². The Hall–Kier alpha value is -3.79. The lowest BCUT2D eigenvalue weighted by atomic mass is 10.2. The molecular weight excluding hydrogens is 328 g/mol.